The van der Waals surface area contributed by atoms with Gasteiger partial charge in [-0.2, -0.15) is 4.68 Å². The summed E-state index contributed by atoms with van der Waals surface area (Å²) in [5, 5.41) is 13.9. The van der Waals surface area contributed by atoms with Crippen LogP contribution in [0, 0.1) is 0 Å². The molecule has 0 fully saturated rings. The number of hydrogen-bond acceptors (Lipinski definition) is 5. The molecular weight excluding hydrogens is 362 g/mol. The van der Waals surface area contributed by atoms with Crippen LogP contribution in [-0.4, -0.2) is 33.2 Å². The van der Waals surface area contributed by atoms with Crippen molar-refractivity contribution in [1.29, 1.82) is 0 Å². The molecular formula is C15H12BrN5O2. The first-order valence-electron chi connectivity index (χ1n) is 6.66. The van der Waals surface area contributed by atoms with Gasteiger partial charge in [-0.15, -0.1) is 5.10 Å². The first kappa shape index (κ1) is 15.2. The Morgan fingerprint density at radius 1 is 1.26 bits per heavy atom. The molecule has 0 radical (unpaired) electrons. The quantitative estimate of drug-likeness (QED) is 0.760. The predicted molar refractivity (Wildman–Crippen MR) is 87.8 cm³/mol. The van der Waals surface area contributed by atoms with Crippen molar-refractivity contribution in [3.63, 3.8) is 0 Å². The minimum Gasteiger partial charge on any atom is -0.494 e. The Balaban J connectivity index is 1.87. The van der Waals surface area contributed by atoms with E-state index in [0.717, 1.165) is 4.47 Å². The van der Waals surface area contributed by atoms with Gasteiger partial charge in [0.05, 0.1) is 12.7 Å². The predicted octanol–water partition coefficient (Wildman–Crippen LogP) is 2.69. The van der Waals surface area contributed by atoms with E-state index in [-0.39, 0.29) is 5.91 Å². The van der Waals surface area contributed by atoms with Crippen LogP contribution in [0.4, 0.5) is 5.69 Å². The number of carbonyl (C=O) groups is 1. The van der Waals surface area contributed by atoms with Gasteiger partial charge in [0.25, 0.3) is 5.91 Å². The van der Waals surface area contributed by atoms with E-state index in [1.807, 2.05) is 12.1 Å². The summed E-state index contributed by atoms with van der Waals surface area (Å²) in [6.07, 6.45) is 1.47. The maximum atomic E-state index is 12.3. The largest absolute Gasteiger partial charge is 0.494 e. The summed E-state index contributed by atoms with van der Waals surface area (Å²) in [6, 6.07) is 12.5. The Bertz CT molecular complexity index is 836. The van der Waals surface area contributed by atoms with Crippen LogP contribution in [0.5, 0.6) is 5.75 Å². The maximum Gasteiger partial charge on any atom is 0.256 e. The number of tetrazole rings is 1. The van der Waals surface area contributed by atoms with Gasteiger partial charge in [-0.05, 0) is 50.6 Å². The zero-order valence-electron chi connectivity index (χ0n) is 12.1. The third-order valence-corrected chi connectivity index (χ3v) is 3.84. The Kier molecular flexibility index (Phi) is 4.33. The molecule has 23 heavy (non-hydrogen) atoms. The third-order valence-electron chi connectivity index (χ3n) is 3.15. The molecule has 0 aliphatic rings. The molecule has 0 saturated heterocycles. The average molecular weight is 374 g/mol. The molecule has 2 aromatic carbocycles. The van der Waals surface area contributed by atoms with E-state index in [1.54, 1.807) is 37.4 Å². The zero-order valence-corrected chi connectivity index (χ0v) is 13.7. The van der Waals surface area contributed by atoms with Crippen molar-refractivity contribution in [2.24, 2.45) is 0 Å². The summed E-state index contributed by atoms with van der Waals surface area (Å²) in [4.78, 5) is 12.3. The van der Waals surface area contributed by atoms with Gasteiger partial charge in [-0.1, -0.05) is 12.1 Å². The molecule has 1 aromatic heterocycles. The number of methoxy groups -OCH3 is 1. The highest BCUT2D eigenvalue weighted by atomic mass is 79.9. The average Bonchev–Trinajstić information content (AvgIpc) is 3.09. The van der Waals surface area contributed by atoms with Gasteiger partial charge in [0.15, 0.2) is 0 Å². The lowest BCUT2D eigenvalue weighted by Gasteiger charge is -2.11. The fourth-order valence-electron chi connectivity index (χ4n) is 2.06. The van der Waals surface area contributed by atoms with Crippen molar-refractivity contribution < 1.29 is 9.53 Å². The number of ether oxygens (including phenoxy) is 1. The van der Waals surface area contributed by atoms with Crippen molar-refractivity contribution in [3.8, 4) is 11.4 Å². The number of rotatable bonds is 4. The zero-order chi connectivity index (χ0) is 16.2. The highest BCUT2D eigenvalue weighted by molar-refractivity contribution is 9.10. The van der Waals surface area contributed by atoms with Crippen LogP contribution in [0.3, 0.4) is 0 Å². The van der Waals surface area contributed by atoms with Crippen molar-refractivity contribution in [2.45, 2.75) is 0 Å². The van der Waals surface area contributed by atoms with Crippen LogP contribution < -0.4 is 10.1 Å². The van der Waals surface area contributed by atoms with Gasteiger partial charge in [0.2, 0.25) is 0 Å². The van der Waals surface area contributed by atoms with Crippen LogP contribution >= 0.6 is 15.9 Å². The first-order chi connectivity index (χ1) is 11.2. The molecule has 1 heterocycles. The number of anilines is 1. The van der Waals surface area contributed by atoms with Crippen LogP contribution in [0.1, 0.15) is 10.4 Å². The van der Waals surface area contributed by atoms with Gasteiger partial charge in [-0.3, -0.25) is 4.79 Å². The topological polar surface area (TPSA) is 81.9 Å². The number of halogens is 1. The second kappa shape index (κ2) is 6.57. The third kappa shape index (κ3) is 3.21. The van der Waals surface area contributed by atoms with Crippen LogP contribution in [-0.2, 0) is 0 Å². The minimum absolute atomic E-state index is 0.213. The van der Waals surface area contributed by atoms with Crippen molar-refractivity contribution in [2.75, 3.05) is 12.4 Å². The molecule has 3 rings (SSSR count). The molecule has 1 N–H and O–H groups in total. The van der Waals surface area contributed by atoms with Gasteiger partial charge in [0.1, 0.15) is 17.8 Å². The molecule has 0 aliphatic carbocycles. The fourth-order valence-corrected chi connectivity index (χ4v) is 2.52. The van der Waals surface area contributed by atoms with E-state index in [0.29, 0.717) is 22.7 Å². The van der Waals surface area contributed by atoms with Crippen molar-refractivity contribution >= 4 is 27.5 Å². The van der Waals surface area contributed by atoms with Crippen LogP contribution in [0.25, 0.3) is 5.69 Å². The normalized spacial score (nSPS) is 10.3. The van der Waals surface area contributed by atoms with E-state index < -0.39 is 0 Å². The Morgan fingerprint density at radius 3 is 2.78 bits per heavy atom. The maximum absolute atomic E-state index is 12.3. The smallest absolute Gasteiger partial charge is 0.256 e. The second-order valence-corrected chi connectivity index (χ2v) is 5.43. The number of aromatic nitrogens is 4. The molecule has 0 bridgehead atoms. The summed E-state index contributed by atoms with van der Waals surface area (Å²) in [7, 11) is 1.54. The molecule has 8 heteroatoms. The van der Waals surface area contributed by atoms with E-state index in [9.17, 15) is 4.79 Å². The lowest BCUT2D eigenvalue weighted by atomic mass is 10.2. The molecule has 116 valence electrons. The minimum atomic E-state index is -0.213. The molecule has 0 unspecified atom stereocenters. The highest BCUT2D eigenvalue weighted by Gasteiger charge is 2.12. The monoisotopic (exact) mass is 373 g/mol. The van der Waals surface area contributed by atoms with Crippen molar-refractivity contribution in [1.82, 2.24) is 20.2 Å². The number of nitrogens with zero attached hydrogens (tertiary/aromatic N) is 4. The molecule has 7 nitrogen and oxygen atoms in total. The molecule has 0 aliphatic heterocycles. The molecule has 0 spiro atoms. The lowest BCUT2D eigenvalue weighted by molar-refractivity contribution is 0.102. The summed E-state index contributed by atoms with van der Waals surface area (Å²) in [5.41, 5.74) is 1.84. The van der Waals surface area contributed by atoms with E-state index in [4.69, 9.17) is 4.74 Å². The van der Waals surface area contributed by atoms with Crippen LogP contribution in [0.2, 0.25) is 0 Å². The van der Waals surface area contributed by atoms with Crippen LogP contribution in [0.15, 0.2) is 53.3 Å². The molecule has 0 saturated carbocycles. The van der Waals surface area contributed by atoms with Gasteiger partial charge in [0, 0.05) is 16.2 Å². The Hall–Kier alpha value is -2.74. The number of nitrogens with one attached hydrogen (secondary N) is 1. The summed E-state index contributed by atoms with van der Waals surface area (Å²) < 4.78 is 7.56. The Labute approximate surface area is 140 Å². The second-order valence-electron chi connectivity index (χ2n) is 4.57. The van der Waals surface area contributed by atoms with Gasteiger partial charge >= 0.3 is 0 Å². The summed E-state index contributed by atoms with van der Waals surface area (Å²) >= 11 is 3.37. The fraction of sp³-hybridized carbons (Fsp3) is 0.0667. The lowest BCUT2D eigenvalue weighted by Crippen LogP contribution is -2.12. The number of carbonyl (C=O) groups excluding carboxylic acids is 1. The number of hydrogen-bond donors (Lipinski definition) is 1. The number of amides is 1. The summed E-state index contributed by atoms with van der Waals surface area (Å²) in [6.45, 7) is 0. The van der Waals surface area contributed by atoms with Gasteiger partial charge in [-0.25, -0.2) is 0 Å². The summed E-state index contributed by atoms with van der Waals surface area (Å²) in [5.74, 6) is 0.330. The SMILES string of the molecule is COc1cc(NC(=O)c2ccccc2Br)ccc1-n1cnnn1. The molecule has 3 aromatic rings. The molecule has 1 amide bonds. The van der Waals surface area contributed by atoms with Gasteiger partial charge < -0.3 is 10.1 Å². The van der Waals surface area contributed by atoms with E-state index in [1.165, 1.54) is 11.0 Å². The standard InChI is InChI=1S/C15H12BrN5O2/c1-23-14-8-10(6-7-13(14)21-9-17-19-20-21)18-15(22)11-4-2-3-5-12(11)16/h2-9H,1H3,(H,18,22). The molecule has 0 atom stereocenters. The Morgan fingerprint density at radius 2 is 2.09 bits per heavy atom. The van der Waals surface area contributed by atoms with E-state index >= 15 is 0 Å². The van der Waals surface area contributed by atoms with Crippen molar-refractivity contribution in [3.05, 3.63) is 58.8 Å². The van der Waals surface area contributed by atoms with E-state index in [2.05, 4.69) is 36.8 Å². The highest BCUT2D eigenvalue weighted by Crippen LogP contribution is 2.26. The first-order valence-corrected chi connectivity index (χ1v) is 7.45. The number of benzene rings is 2.